The monoisotopic (exact) mass is 274 g/mol. The van der Waals surface area contributed by atoms with E-state index >= 15 is 0 Å². The Bertz CT molecular complexity index is 629. The van der Waals surface area contributed by atoms with E-state index in [1.54, 1.807) is 6.20 Å². The maximum atomic E-state index is 11.6. The first-order valence-electron chi connectivity index (χ1n) is 6.72. The molecule has 7 heteroatoms. The van der Waals surface area contributed by atoms with E-state index in [-0.39, 0.29) is 0 Å². The van der Waals surface area contributed by atoms with Gasteiger partial charge in [0, 0.05) is 12.2 Å². The van der Waals surface area contributed by atoms with E-state index in [9.17, 15) is 4.79 Å². The topological polar surface area (TPSA) is 99.9 Å². The van der Waals surface area contributed by atoms with Crippen LogP contribution in [0.5, 0.6) is 0 Å². The zero-order valence-corrected chi connectivity index (χ0v) is 11.4. The van der Waals surface area contributed by atoms with Crippen molar-refractivity contribution in [1.29, 1.82) is 0 Å². The molecule has 7 nitrogen and oxygen atoms in total. The summed E-state index contributed by atoms with van der Waals surface area (Å²) in [5.41, 5.74) is 7.26. The number of nitrogens with one attached hydrogen (secondary N) is 2. The van der Waals surface area contributed by atoms with Crippen LogP contribution in [-0.2, 0) is 0 Å². The second kappa shape index (κ2) is 5.09. The van der Waals surface area contributed by atoms with E-state index in [4.69, 9.17) is 5.73 Å². The molecule has 4 N–H and O–H groups in total. The third-order valence-electron chi connectivity index (χ3n) is 3.81. The van der Waals surface area contributed by atoms with Gasteiger partial charge < -0.3 is 16.0 Å². The molecule has 0 atom stereocenters. The molecule has 1 amide bonds. The van der Waals surface area contributed by atoms with Crippen LogP contribution in [-0.4, -0.2) is 52.2 Å². The summed E-state index contributed by atoms with van der Waals surface area (Å²) in [6, 6.07) is 0.338. The van der Waals surface area contributed by atoms with Crippen molar-refractivity contribution < 1.29 is 4.79 Å². The summed E-state index contributed by atoms with van der Waals surface area (Å²) in [6.07, 6.45) is 5.25. The van der Waals surface area contributed by atoms with Crippen molar-refractivity contribution in [3.05, 3.63) is 18.0 Å². The van der Waals surface area contributed by atoms with Gasteiger partial charge in [-0.1, -0.05) is 0 Å². The van der Waals surface area contributed by atoms with Crippen molar-refractivity contribution in [2.75, 3.05) is 25.5 Å². The normalized spacial score (nSPS) is 17.4. The fourth-order valence-corrected chi connectivity index (χ4v) is 2.60. The van der Waals surface area contributed by atoms with Crippen LogP contribution < -0.4 is 11.1 Å². The molecule has 106 valence electrons. The van der Waals surface area contributed by atoms with Gasteiger partial charge in [0.05, 0.1) is 22.8 Å². The summed E-state index contributed by atoms with van der Waals surface area (Å²) in [6.45, 7) is 2.09. The predicted octanol–water partition coefficient (Wildman–Crippen LogP) is 0.563. The van der Waals surface area contributed by atoms with Crippen LogP contribution in [0.1, 0.15) is 23.2 Å². The van der Waals surface area contributed by atoms with Crippen LogP contribution >= 0.6 is 0 Å². The highest BCUT2D eigenvalue weighted by Crippen LogP contribution is 2.26. The lowest BCUT2D eigenvalue weighted by Crippen LogP contribution is -2.37. The number of aromatic nitrogens is 3. The van der Waals surface area contributed by atoms with Gasteiger partial charge in [-0.25, -0.2) is 4.98 Å². The van der Waals surface area contributed by atoms with Gasteiger partial charge in [-0.2, -0.15) is 5.10 Å². The van der Waals surface area contributed by atoms with E-state index in [1.165, 1.54) is 6.20 Å². The molecule has 1 fully saturated rings. The number of H-pyrrole nitrogens is 1. The Labute approximate surface area is 116 Å². The van der Waals surface area contributed by atoms with Gasteiger partial charge in [0.25, 0.3) is 5.91 Å². The fraction of sp³-hybridized carbons (Fsp3) is 0.462. The maximum Gasteiger partial charge on any atom is 0.252 e. The Morgan fingerprint density at radius 3 is 2.90 bits per heavy atom. The molecule has 1 aliphatic rings. The highest BCUT2D eigenvalue weighted by atomic mass is 16.1. The standard InChI is InChI=1S/C13H18N6O/c1-19-4-2-8(3-5-19)17-11-9(12(14)20)6-15-13-10(11)7-16-18-13/h6-8H,2-5H2,1H3,(H2,14,20)(H2,15,16,17,18). The van der Waals surface area contributed by atoms with Gasteiger partial charge in [0.2, 0.25) is 0 Å². The Balaban J connectivity index is 1.94. The SMILES string of the molecule is CN1CCC(Nc2c(C(N)=O)cnc3[nH]ncc23)CC1. The number of primary amides is 1. The molecule has 1 aliphatic heterocycles. The minimum absolute atomic E-state index is 0.338. The van der Waals surface area contributed by atoms with Crippen LogP contribution in [0.2, 0.25) is 0 Å². The molecule has 0 aromatic carbocycles. The third kappa shape index (κ3) is 2.32. The first-order valence-corrected chi connectivity index (χ1v) is 6.72. The lowest BCUT2D eigenvalue weighted by molar-refractivity contribution is 0.100. The van der Waals surface area contributed by atoms with Crippen molar-refractivity contribution in [2.45, 2.75) is 18.9 Å². The van der Waals surface area contributed by atoms with E-state index in [0.29, 0.717) is 17.3 Å². The minimum atomic E-state index is -0.476. The number of fused-ring (bicyclic) bond motifs is 1. The number of amides is 1. The number of likely N-dealkylation sites (tertiary alicyclic amines) is 1. The first kappa shape index (κ1) is 12.9. The zero-order chi connectivity index (χ0) is 14.1. The number of pyridine rings is 1. The first-order chi connectivity index (χ1) is 9.65. The number of hydrogen-bond donors (Lipinski definition) is 3. The van der Waals surface area contributed by atoms with Gasteiger partial charge in [-0.05, 0) is 33.0 Å². The molecule has 0 saturated carbocycles. The Morgan fingerprint density at radius 1 is 1.45 bits per heavy atom. The summed E-state index contributed by atoms with van der Waals surface area (Å²) in [4.78, 5) is 18.0. The second-order valence-electron chi connectivity index (χ2n) is 5.27. The summed E-state index contributed by atoms with van der Waals surface area (Å²) in [5.74, 6) is -0.476. The molecule has 20 heavy (non-hydrogen) atoms. The molecule has 3 heterocycles. The van der Waals surface area contributed by atoms with Crippen molar-refractivity contribution >= 4 is 22.6 Å². The highest BCUT2D eigenvalue weighted by Gasteiger charge is 2.21. The molecule has 2 aromatic rings. The maximum absolute atomic E-state index is 11.6. The number of piperidine rings is 1. The quantitative estimate of drug-likeness (QED) is 0.759. The van der Waals surface area contributed by atoms with Gasteiger partial charge in [-0.15, -0.1) is 0 Å². The van der Waals surface area contributed by atoms with Crippen molar-refractivity contribution in [3.8, 4) is 0 Å². The summed E-state index contributed by atoms with van der Waals surface area (Å²) >= 11 is 0. The molecule has 0 unspecified atom stereocenters. The number of carbonyl (C=O) groups excluding carboxylic acids is 1. The predicted molar refractivity (Wildman–Crippen MR) is 76.5 cm³/mol. The van der Waals surface area contributed by atoms with Crippen LogP contribution in [0.4, 0.5) is 5.69 Å². The Morgan fingerprint density at radius 2 is 2.20 bits per heavy atom. The van der Waals surface area contributed by atoms with Crippen molar-refractivity contribution in [1.82, 2.24) is 20.1 Å². The average molecular weight is 274 g/mol. The van der Waals surface area contributed by atoms with Gasteiger partial charge in [0.1, 0.15) is 0 Å². The number of hydrogen-bond acceptors (Lipinski definition) is 5. The number of rotatable bonds is 3. The number of nitrogens with zero attached hydrogens (tertiary/aromatic N) is 3. The third-order valence-corrected chi connectivity index (χ3v) is 3.81. The van der Waals surface area contributed by atoms with E-state index in [0.717, 1.165) is 37.0 Å². The van der Waals surface area contributed by atoms with Crippen LogP contribution in [0, 0.1) is 0 Å². The second-order valence-corrected chi connectivity index (χ2v) is 5.27. The lowest BCUT2D eigenvalue weighted by Gasteiger charge is -2.30. The summed E-state index contributed by atoms with van der Waals surface area (Å²) < 4.78 is 0. The van der Waals surface area contributed by atoms with Crippen LogP contribution in [0.15, 0.2) is 12.4 Å². The Hall–Kier alpha value is -2.15. The smallest absolute Gasteiger partial charge is 0.252 e. The zero-order valence-electron chi connectivity index (χ0n) is 11.4. The number of anilines is 1. The highest BCUT2D eigenvalue weighted by molar-refractivity contribution is 6.05. The van der Waals surface area contributed by atoms with Crippen LogP contribution in [0.3, 0.4) is 0 Å². The molecule has 0 radical (unpaired) electrons. The molecule has 0 spiro atoms. The number of carbonyl (C=O) groups is 1. The lowest BCUT2D eigenvalue weighted by atomic mass is 10.0. The molecular weight excluding hydrogens is 256 g/mol. The van der Waals surface area contributed by atoms with Crippen LogP contribution in [0.25, 0.3) is 11.0 Å². The van der Waals surface area contributed by atoms with Gasteiger partial charge in [-0.3, -0.25) is 9.89 Å². The van der Waals surface area contributed by atoms with Gasteiger partial charge >= 0.3 is 0 Å². The molecule has 3 rings (SSSR count). The van der Waals surface area contributed by atoms with E-state index in [1.807, 2.05) is 0 Å². The Kier molecular flexibility index (Phi) is 3.27. The fourth-order valence-electron chi connectivity index (χ4n) is 2.60. The van der Waals surface area contributed by atoms with Gasteiger partial charge in [0.15, 0.2) is 5.65 Å². The summed E-state index contributed by atoms with van der Waals surface area (Å²) in [5, 5.41) is 11.0. The van der Waals surface area contributed by atoms with Crippen molar-refractivity contribution in [3.63, 3.8) is 0 Å². The number of nitrogens with two attached hydrogens (primary N) is 1. The molecular formula is C13H18N6O. The molecule has 0 aliphatic carbocycles. The molecule has 0 bridgehead atoms. The van der Waals surface area contributed by atoms with Crippen molar-refractivity contribution in [2.24, 2.45) is 5.73 Å². The molecule has 1 saturated heterocycles. The summed E-state index contributed by atoms with van der Waals surface area (Å²) in [7, 11) is 2.12. The molecule has 2 aromatic heterocycles. The minimum Gasteiger partial charge on any atom is -0.381 e. The largest absolute Gasteiger partial charge is 0.381 e. The number of aromatic amines is 1. The van der Waals surface area contributed by atoms with E-state index < -0.39 is 5.91 Å². The average Bonchev–Trinajstić information content (AvgIpc) is 2.90. The van der Waals surface area contributed by atoms with E-state index in [2.05, 4.69) is 32.4 Å².